The van der Waals surface area contributed by atoms with Crippen LogP contribution in [0.2, 0.25) is 0 Å². The van der Waals surface area contributed by atoms with Gasteiger partial charge >= 0.3 is 0 Å². The average molecular weight is 431 g/mol. The third-order valence-electron chi connectivity index (χ3n) is 11.4. The standard InChI is InChI=1S/C29H54N2/c1-20(2)7-6-8-21(3)25-11-12-26-24-10-9-22-19-23(31-18-17-30)13-15-28(22,4)27(24)14-16-29(25,26)5/h20-27,31H,6-19,30H2,1-5H3/t21-,22+,23+,24+,25-,26+,27+,28+,29-/m1/s1. The summed E-state index contributed by atoms with van der Waals surface area (Å²) in [6.45, 7) is 14.6. The lowest BCUT2D eigenvalue weighted by Crippen LogP contribution is -2.55. The van der Waals surface area contributed by atoms with Crippen molar-refractivity contribution in [3.8, 4) is 0 Å². The first kappa shape index (κ1) is 24.1. The van der Waals surface area contributed by atoms with Crippen molar-refractivity contribution in [3.05, 3.63) is 0 Å². The van der Waals surface area contributed by atoms with Crippen molar-refractivity contribution in [2.75, 3.05) is 13.1 Å². The Labute approximate surface area is 194 Å². The lowest BCUT2D eigenvalue weighted by atomic mass is 9.44. The Morgan fingerprint density at radius 3 is 2.35 bits per heavy atom. The van der Waals surface area contributed by atoms with Gasteiger partial charge in [-0.1, -0.05) is 53.9 Å². The largest absolute Gasteiger partial charge is 0.329 e. The first-order valence-corrected chi connectivity index (χ1v) is 14.2. The molecule has 0 radical (unpaired) electrons. The van der Waals surface area contributed by atoms with Gasteiger partial charge in [-0.05, 0) is 110 Å². The zero-order valence-corrected chi connectivity index (χ0v) is 21.6. The van der Waals surface area contributed by atoms with E-state index in [0.717, 1.165) is 60.6 Å². The Balaban J connectivity index is 1.41. The van der Waals surface area contributed by atoms with Crippen LogP contribution in [0.4, 0.5) is 0 Å². The molecule has 0 unspecified atom stereocenters. The van der Waals surface area contributed by atoms with Gasteiger partial charge in [0.05, 0.1) is 0 Å². The van der Waals surface area contributed by atoms with E-state index in [1.54, 1.807) is 0 Å². The van der Waals surface area contributed by atoms with Crippen molar-refractivity contribution >= 4 is 0 Å². The fourth-order valence-corrected chi connectivity index (χ4v) is 9.76. The van der Waals surface area contributed by atoms with Gasteiger partial charge in [0.2, 0.25) is 0 Å². The first-order valence-electron chi connectivity index (χ1n) is 14.2. The molecular weight excluding hydrogens is 376 g/mol. The third-order valence-corrected chi connectivity index (χ3v) is 11.4. The number of nitrogens with two attached hydrogens (primary N) is 1. The van der Waals surface area contributed by atoms with Crippen molar-refractivity contribution in [2.24, 2.45) is 58.0 Å². The molecule has 4 saturated carbocycles. The summed E-state index contributed by atoms with van der Waals surface area (Å²) in [4.78, 5) is 0. The van der Waals surface area contributed by atoms with E-state index in [2.05, 4.69) is 39.9 Å². The van der Waals surface area contributed by atoms with Crippen LogP contribution in [0, 0.1) is 52.3 Å². The molecule has 0 spiro atoms. The molecule has 3 N–H and O–H groups in total. The molecule has 9 atom stereocenters. The van der Waals surface area contributed by atoms with Gasteiger partial charge in [0.1, 0.15) is 0 Å². The monoisotopic (exact) mass is 430 g/mol. The highest BCUT2D eigenvalue weighted by Gasteiger charge is 2.60. The van der Waals surface area contributed by atoms with E-state index in [1.807, 2.05) is 0 Å². The fourth-order valence-electron chi connectivity index (χ4n) is 9.76. The summed E-state index contributed by atoms with van der Waals surface area (Å²) in [5.41, 5.74) is 7.02. The maximum Gasteiger partial charge on any atom is 0.00770 e. The molecule has 0 aromatic rings. The minimum absolute atomic E-state index is 0.617. The molecular formula is C29H54N2. The number of nitrogens with one attached hydrogen (secondary N) is 1. The predicted octanol–water partition coefficient (Wildman–Crippen LogP) is 7.02. The molecule has 0 heterocycles. The van der Waals surface area contributed by atoms with Crippen molar-refractivity contribution in [2.45, 2.75) is 118 Å². The molecule has 4 fully saturated rings. The molecule has 0 aromatic carbocycles. The van der Waals surface area contributed by atoms with Crippen LogP contribution in [0.5, 0.6) is 0 Å². The summed E-state index contributed by atoms with van der Waals surface area (Å²) in [7, 11) is 0. The van der Waals surface area contributed by atoms with Crippen LogP contribution in [0.15, 0.2) is 0 Å². The lowest BCUT2D eigenvalue weighted by Gasteiger charge is -2.61. The van der Waals surface area contributed by atoms with E-state index in [0.29, 0.717) is 10.8 Å². The summed E-state index contributed by atoms with van der Waals surface area (Å²) in [5, 5.41) is 3.75. The van der Waals surface area contributed by atoms with Gasteiger partial charge in [-0.15, -0.1) is 0 Å². The normalized spacial score (nSPS) is 45.8. The van der Waals surface area contributed by atoms with Gasteiger partial charge in [-0.2, -0.15) is 0 Å². The van der Waals surface area contributed by atoms with E-state index in [-0.39, 0.29) is 0 Å². The SMILES string of the molecule is CC(C)CCC[C@@H](C)[C@H]1CC[C@H]2[C@@H]3CC[C@H]4C[C@@H](NCCN)CC[C@]4(C)[C@H]3CC[C@]12C. The molecule has 0 bridgehead atoms. The minimum atomic E-state index is 0.617. The Morgan fingerprint density at radius 2 is 1.61 bits per heavy atom. The Bertz CT molecular complexity index is 587. The summed E-state index contributed by atoms with van der Waals surface area (Å²) in [6, 6.07) is 0.731. The highest BCUT2D eigenvalue weighted by Crippen LogP contribution is 2.68. The molecule has 2 heteroatoms. The topological polar surface area (TPSA) is 38.0 Å². The second-order valence-corrected chi connectivity index (χ2v) is 13.4. The van der Waals surface area contributed by atoms with Gasteiger partial charge in [-0.25, -0.2) is 0 Å². The van der Waals surface area contributed by atoms with E-state index >= 15 is 0 Å². The molecule has 180 valence electrons. The van der Waals surface area contributed by atoms with Crippen LogP contribution in [0.25, 0.3) is 0 Å². The Kier molecular flexibility index (Phi) is 7.49. The van der Waals surface area contributed by atoms with Crippen molar-refractivity contribution in [1.29, 1.82) is 0 Å². The fraction of sp³-hybridized carbons (Fsp3) is 1.00. The molecule has 0 aromatic heterocycles. The van der Waals surface area contributed by atoms with Gasteiger partial charge in [0, 0.05) is 19.1 Å². The smallest absolute Gasteiger partial charge is 0.00770 e. The highest BCUT2D eigenvalue weighted by molar-refractivity contribution is 5.10. The second-order valence-electron chi connectivity index (χ2n) is 13.4. The quantitative estimate of drug-likeness (QED) is 0.434. The van der Waals surface area contributed by atoms with Gasteiger partial charge in [0.25, 0.3) is 0 Å². The number of hydrogen-bond acceptors (Lipinski definition) is 2. The maximum absolute atomic E-state index is 5.76. The van der Waals surface area contributed by atoms with E-state index < -0.39 is 0 Å². The molecule has 31 heavy (non-hydrogen) atoms. The lowest BCUT2D eigenvalue weighted by molar-refractivity contribution is -0.117. The molecule has 0 saturated heterocycles. The van der Waals surface area contributed by atoms with Gasteiger partial charge in [-0.3, -0.25) is 0 Å². The van der Waals surface area contributed by atoms with Crippen LogP contribution in [-0.2, 0) is 0 Å². The Morgan fingerprint density at radius 1 is 0.871 bits per heavy atom. The first-order chi connectivity index (χ1) is 14.8. The maximum atomic E-state index is 5.76. The zero-order chi connectivity index (χ0) is 22.2. The third kappa shape index (κ3) is 4.51. The van der Waals surface area contributed by atoms with E-state index in [1.165, 1.54) is 77.0 Å². The van der Waals surface area contributed by atoms with E-state index in [4.69, 9.17) is 5.73 Å². The van der Waals surface area contributed by atoms with Crippen LogP contribution >= 0.6 is 0 Å². The summed E-state index contributed by atoms with van der Waals surface area (Å²) >= 11 is 0. The van der Waals surface area contributed by atoms with E-state index in [9.17, 15) is 0 Å². The van der Waals surface area contributed by atoms with Crippen LogP contribution in [0.3, 0.4) is 0 Å². The van der Waals surface area contributed by atoms with Gasteiger partial charge in [0.15, 0.2) is 0 Å². The predicted molar refractivity (Wildman–Crippen MR) is 134 cm³/mol. The molecule has 0 amide bonds. The van der Waals surface area contributed by atoms with Crippen molar-refractivity contribution in [3.63, 3.8) is 0 Å². The number of rotatable bonds is 8. The highest BCUT2D eigenvalue weighted by atomic mass is 14.9. The van der Waals surface area contributed by atoms with Gasteiger partial charge < -0.3 is 11.1 Å². The summed E-state index contributed by atoms with van der Waals surface area (Å²) in [5.74, 6) is 6.81. The van der Waals surface area contributed by atoms with Crippen LogP contribution in [0.1, 0.15) is 112 Å². The molecule has 0 aliphatic heterocycles. The van der Waals surface area contributed by atoms with Crippen molar-refractivity contribution < 1.29 is 0 Å². The zero-order valence-electron chi connectivity index (χ0n) is 21.6. The molecule has 4 rings (SSSR count). The Hall–Kier alpha value is -0.0800. The number of fused-ring (bicyclic) bond motifs is 5. The minimum Gasteiger partial charge on any atom is -0.329 e. The molecule has 4 aliphatic carbocycles. The summed E-state index contributed by atoms with van der Waals surface area (Å²) in [6.07, 6.45) is 17.7. The summed E-state index contributed by atoms with van der Waals surface area (Å²) < 4.78 is 0. The van der Waals surface area contributed by atoms with Crippen LogP contribution < -0.4 is 11.1 Å². The van der Waals surface area contributed by atoms with Crippen LogP contribution in [-0.4, -0.2) is 19.1 Å². The molecule has 4 aliphatic rings. The number of hydrogen-bond donors (Lipinski definition) is 2. The second kappa shape index (κ2) is 9.65. The van der Waals surface area contributed by atoms with Crippen molar-refractivity contribution in [1.82, 2.24) is 5.32 Å². The molecule has 2 nitrogen and oxygen atoms in total. The average Bonchev–Trinajstić information content (AvgIpc) is 3.09.